The molecule has 1 saturated heterocycles. The van der Waals surface area contributed by atoms with Crippen LogP contribution in [0.3, 0.4) is 0 Å². The average molecular weight is 304 g/mol. The van der Waals surface area contributed by atoms with Crippen LogP contribution < -0.4 is 0 Å². The number of pyridine rings is 1. The van der Waals surface area contributed by atoms with E-state index in [-0.39, 0.29) is 11.8 Å². The molecule has 0 radical (unpaired) electrons. The number of hydrogen-bond acceptors (Lipinski definition) is 6. The van der Waals surface area contributed by atoms with Crippen LogP contribution in [0.2, 0.25) is 0 Å². The zero-order chi connectivity index (χ0) is 14.7. The van der Waals surface area contributed by atoms with Crippen LogP contribution in [0, 0.1) is 0 Å². The molecule has 3 rings (SSSR count). The summed E-state index contributed by atoms with van der Waals surface area (Å²) in [6.07, 6.45) is 4.15. The molecule has 21 heavy (non-hydrogen) atoms. The van der Waals surface area contributed by atoms with Crippen molar-refractivity contribution in [3.05, 3.63) is 41.8 Å². The van der Waals surface area contributed by atoms with Crippen molar-refractivity contribution in [2.75, 3.05) is 12.8 Å². The van der Waals surface area contributed by atoms with Crippen LogP contribution >= 0.6 is 11.8 Å². The van der Waals surface area contributed by atoms with Crippen LogP contribution in [0.15, 0.2) is 28.9 Å². The van der Waals surface area contributed by atoms with E-state index in [9.17, 15) is 4.79 Å². The summed E-state index contributed by atoms with van der Waals surface area (Å²) in [5, 5.41) is 3.94. The Bertz CT molecular complexity index is 616. The van der Waals surface area contributed by atoms with Crippen LogP contribution in [0.4, 0.5) is 0 Å². The summed E-state index contributed by atoms with van der Waals surface area (Å²) >= 11 is 1.64. The van der Waals surface area contributed by atoms with Crippen molar-refractivity contribution in [2.24, 2.45) is 0 Å². The first-order chi connectivity index (χ1) is 10.3. The van der Waals surface area contributed by atoms with Gasteiger partial charge in [-0.2, -0.15) is 16.7 Å². The van der Waals surface area contributed by atoms with Crippen LogP contribution in [-0.4, -0.2) is 38.7 Å². The van der Waals surface area contributed by atoms with Gasteiger partial charge in [-0.3, -0.25) is 9.78 Å². The summed E-state index contributed by atoms with van der Waals surface area (Å²) in [6.45, 7) is 1.14. The van der Waals surface area contributed by atoms with Gasteiger partial charge in [0.2, 0.25) is 11.8 Å². The molecule has 1 aliphatic rings. The van der Waals surface area contributed by atoms with Gasteiger partial charge in [0.15, 0.2) is 5.82 Å². The van der Waals surface area contributed by atoms with Gasteiger partial charge >= 0.3 is 0 Å². The van der Waals surface area contributed by atoms with Crippen molar-refractivity contribution >= 4 is 17.7 Å². The highest BCUT2D eigenvalue weighted by molar-refractivity contribution is 7.97. The molecule has 110 valence electrons. The van der Waals surface area contributed by atoms with E-state index in [0.29, 0.717) is 31.2 Å². The van der Waals surface area contributed by atoms with Crippen molar-refractivity contribution in [3.63, 3.8) is 0 Å². The Hall–Kier alpha value is -1.89. The maximum atomic E-state index is 12.1. The molecule has 1 amide bonds. The number of carbonyl (C=O) groups is 1. The Labute approximate surface area is 126 Å². The lowest BCUT2D eigenvalue weighted by Gasteiger charge is -2.15. The highest BCUT2D eigenvalue weighted by atomic mass is 32.2. The molecule has 0 spiro atoms. The van der Waals surface area contributed by atoms with Gasteiger partial charge in [0.25, 0.3) is 0 Å². The third-order valence-corrected chi connectivity index (χ3v) is 3.95. The zero-order valence-corrected chi connectivity index (χ0v) is 12.5. The number of amides is 1. The van der Waals surface area contributed by atoms with E-state index in [1.165, 1.54) is 0 Å². The zero-order valence-electron chi connectivity index (χ0n) is 11.7. The fraction of sp³-hybridized carbons (Fsp3) is 0.429. The van der Waals surface area contributed by atoms with Crippen LogP contribution in [0.1, 0.15) is 29.7 Å². The maximum absolute atomic E-state index is 12.1. The predicted molar refractivity (Wildman–Crippen MR) is 78.5 cm³/mol. The third-order valence-electron chi connectivity index (χ3n) is 3.40. The molecule has 2 aromatic rings. The number of nitrogens with zero attached hydrogens (tertiary/aromatic N) is 4. The van der Waals surface area contributed by atoms with Crippen molar-refractivity contribution in [1.29, 1.82) is 0 Å². The van der Waals surface area contributed by atoms with E-state index in [1.807, 2.05) is 24.5 Å². The fourth-order valence-corrected chi connectivity index (χ4v) is 2.77. The van der Waals surface area contributed by atoms with E-state index in [4.69, 9.17) is 4.52 Å². The molecule has 1 aliphatic heterocycles. The number of thioether (sulfide) groups is 1. The first-order valence-corrected chi connectivity index (χ1v) is 8.14. The van der Waals surface area contributed by atoms with Gasteiger partial charge in [0.1, 0.15) is 0 Å². The van der Waals surface area contributed by atoms with Gasteiger partial charge < -0.3 is 9.42 Å². The van der Waals surface area contributed by atoms with Gasteiger partial charge in [-0.05, 0) is 18.4 Å². The first kappa shape index (κ1) is 14.1. The monoisotopic (exact) mass is 304 g/mol. The quantitative estimate of drug-likeness (QED) is 0.839. The molecular formula is C14H16N4O2S. The van der Waals surface area contributed by atoms with Gasteiger partial charge in [-0.15, -0.1) is 0 Å². The van der Waals surface area contributed by atoms with E-state index in [2.05, 4.69) is 15.1 Å². The minimum absolute atomic E-state index is 0.00989. The topological polar surface area (TPSA) is 72.1 Å². The van der Waals surface area contributed by atoms with Gasteiger partial charge in [-0.1, -0.05) is 11.2 Å². The lowest BCUT2D eigenvalue weighted by Crippen LogP contribution is -2.24. The van der Waals surface area contributed by atoms with E-state index in [1.54, 1.807) is 22.9 Å². The average Bonchev–Trinajstić information content (AvgIpc) is 3.08. The SMILES string of the molecule is CSCc1noc(C2CC(=O)N(Cc3ccccn3)C2)n1. The molecule has 2 aromatic heterocycles. The fourth-order valence-electron chi connectivity index (χ4n) is 2.40. The van der Waals surface area contributed by atoms with Crippen molar-refractivity contribution in [1.82, 2.24) is 20.0 Å². The molecule has 0 N–H and O–H groups in total. The maximum Gasteiger partial charge on any atom is 0.232 e. The minimum Gasteiger partial charge on any atom is -0.339 e. The molecule has 3 heterocycles. The Balaban J connectivity index is 1.66. The summed E-state index contributed by atoms with van der Waals surface area (Å²) in [5.41, 5.74) is 0.889. The van der Waals surface area contributed by atoms with Crippen LogP contribution in [0.25, 0.3) is 0 Å². The molecule has 0 bridgehead atoms. The summed E-state index contributed by atoms with van der Waals surface area (Å²) in [4.78, 5) is 22.5. The smallest absolute Gasteiger partial charge is 0.232 e. The van der Waals surface area contributed by atoms with Crippen molar-refractivity contribution in [2.45, 2.75) is 24.6 Å². The Morgan fingerprint density at radius 1 is 1.48 bits per heavy atom. The second-order valence-electron chi connectivity index (χ2n) is 4.98. The first-order valence-electron chi connectivity index (χ1n) is 6.75. The predicted octanol–water partition coefficient (Wildman–Crippen LogP) is 1.84. The number of hydrogen-bond donors (Lipinski definition) is 0. The molecule has 1 unspecified atom stereocenters. The Morgan fingerprint density at radius 3 is 3.14 bits per heavy atom. The summed E-state index contributed by atoms with van der Waals surface area (Å²) in [5.74, 6) is 2.07. The van der Waals surface area contributed by atoms with E-state index >= 15 is 0 Å². The lowest BCUT2D eigenvalue weighted by molar-refractivity contribution is -0.128. The molecule has 1 atom stereocenters. The van der Waals surface area contributed by atoms with Crippen LogP contribution in [-0.2, 0) is 17.1 Å². The molecule has 0 aliphatic carbocycles. The molecule has 0 saturated carbocycles. The standard InChI is InChI=1S/C14H16N4O2S/c1-21-9-12-16-14(20-17-12)10-6-13(19)18(7-10)8-11-4-2-3-5-15-11/h2-5,10H,6-9H2,1H3. The number of aromatic nitrogens is 3. The summed E-state index contributed by atoms with van der Waals surface area (Å²) in [7, 11) is 0. The Kier molecular flexibility index (Phi) is 4.19. The summed E-state index contributed by atoms with van der Waals surface area (Å²) in [6, 6.07) is 5.71. The highest BCUT2D eigenvalue weighted by Crippen LogP contribution is 2.28. The highest BCUT2D eigenvalue weighted by Gasteiger charge is 2.34. The lowest BCUT2D eigenvalue weighted by atomic mass is 10.1. The van der Waals surface area contributed by atoms with Crippen LogP contribution in [0.5, 0.6) is 0 Å². The normalized spacial score (nSPS) is 18.4. The molecule has 6 nitrogen and oxygen atoms in total. The summed E-state index contributed by atoms with van der Waals surface area (Å²) < 4.78 is 5.28. The van der Waals surface area contributed by atoms with Gasteiger partial charge in [0.05, 0.1) is 23.9 Å². The molecule has 1 fully saturated rings. The number of carbonyl (C=O) groups excluding carboxylic acids is 1. The largest absolute Gasteiger partial charge is 0.339 e. The minimum atomic E-state index is -0.00989. The second kappa shape index (κ2) is 6.26. The number of rotatable bonds is 5. The Morgan fingerprint density at radius 2 is 2.38 bits per heavy atom. The molecular weight excluding hydrogens is 288 g/mol. The van der Waals surface area contributed by atoms with Gasteiger partial charge in [-0.25, -0.2) is 0 Å². The molecule has 7 heteroatoms. The van der Waals surface area contributed by atoms with Gasteiger partial charge in [0, 0.05) is 19.2 Å². The number of likely N-dealkylation sites (tertiary alicyclic amines) is 1. The van der Waals surface area contributed by atoms with E-state index < -0.39 is 0 Å². The second-order valence-corrected chi connectivity index (χ2v) is 5.84. The third kappa shape index (κ3) is 3.24. The van der Waals surface area contributed by atoms with E-state index in [0.717, 1.165) is 11.4 Å². The van der Waals surface area contributed by atoms with Crippen molar-refractivity contribution in [3.8, 4) is 0 Å². The van der Waals surface area contributed by atoms with Crippen molar-refractivity contribution < 1.29 is 9.32 Å². The molecule has 0 aromatic carbocycles.